The zero-order valence-electron chi connectivity index (χ0n) is 12.0. The predicted octanol–water partition coefficient (Wildman–Crippen LogP) is 3.31. The fourth-order valence-electron chi connectivity index (χ4n) is 2.10. The first-order chi connectivity index (χ1) is 7.64. The van der Waals surface area contributed by atoms with Crippen molar-refractivity contribution in [3.05, 3.63) is 0 Å². The van der Waals surface area contributed by atoms with Crippen molar-refractivity contribution in [2.24, 2.45) is 5.92 Å². The molecule has 1 rings (SSSR count). The molecule has 0 amide bonds. The van der Waals surface area contributed by atoms with Crippen molar-refractivity contribution < 1.29 is 14.3 Å². The normalized spacial score (nSPS) is 30.4. The first-order valence-electron chi connectivity index (χ1n) is 6.55. The minimum absolute atomic E-state index is 0.168. The zero-order valence-corrected chi connectivity index (χ0v) is 12.0. The van der Waals surface area contributed by atoms with Gasteiger partial charge in [0, 0.05) is 0 Å². The van der Waals surface area contributed by atoms with Gasteiger partial charge in [0.05, 0.1) is 6.10 Å². The zero-order chi connectivity index (χ0) is 13.3. The number of carbonyl (C=O) groups is 1. The van der Waals surface area contributed by atoms with Crippen LogP contribution in [0, 0.1) is 5.92 Å². The van der Waals surface area contributed by atoms with E-state index in [-0.39, 0.29) is 12.1 Å². The van der Waals surface area contributed by atoms with Crippen LogP contribution < -0.4 is 0 Å². The number of rotatable bonds is 2. The van der Waals surface area contributed by atoms with Crippen molar-refractivity contribution >= 4 is 5.97 Å². The van der Waals surface area contributed by atoms with Crippen molar-refractivity contribution in [1.82, 2.24) is 0 Å². The third-order valence-corrected chi connectivity index (χ3v) is 3.13. The van der Waals surface area contributed by atoms with Crippen molar-refractivity contribution in [3.8, 4) is 0 Å². The van der Waals surface area contributed by atoms with Gasteiger partial charge >= 0.3 is 5.97 Å². The molecule has 2 atom stereocenters. The lowest BCUT2D eigenvalue weighted by atomic mass is 9.89. The third kappa shape index (κ3) is 3.98. The number of hydrogen-bond acceptors (Lipinski definition) is 3. The lowest BCUT2D eigenvalue weighted by Crippen LogP contribution is -2.49. The Balaban J connectivity index is 2.70. The Bertz CT molecular complexity index is 278. The highest BCUT2D eigenvalue weighted by molar-refractivity contribution is 5.79. The summed E-state index contributed by atoms with van der Waals surface area (Å²) in [5.74, 6) is 0.215. The maximum absolute atomic E-state index is 12.2. The maximum Gasteiger partial charge on any atom is 0.338 e. The molecule has 0 aromatic heterocycles. The first-order valence-corrected chi connectivity index (χ1v) is 6.55. The molecule has 1 fully saturated rings. The molecule has 3 heteroatoms. The molecule has 17 heavy (non-hydrogen) atoms. The van der Waals surface area contributed by atoms with E-state index < -0.39 is 11.2 Å². The average Bonchev–Trinajstić information content (AvgIpc) is 2.15. The summed E-state index contributed by atoms with van der Waals surface area (Å²) in [5.41, 5.74) is -1.21. The number of ether oxygens (including phenoxy) is 2. The van der Waals surface area contributed by atoms with Crippen LogP contribution in [0.5, 0.6) is 0 Å². The second-order valence-electron chi connectivity index (χ2n) is 6.53. The van der Waals surface area contributed by atoms with Gasteiger partial charge in [-0.15, -0.1) is 0 Å². The van der Waals surface area contributed by atoms with Crippen molar-refractivity contribution in [2.45, 2.75) is 78.1 Å². The van der Waals surface area contributed by atoms with Crippen molar-refractivity contribution in [1.29, 1.82) is 0 Å². The van der Waals surface area contributed by atoms with Gasteiger partial charge in [0.25, 0.3) is 0 Å². The summed E-state index contributed by atoms with van der Waals surface area (Å²) in [6.07, 6.45) is 2.99. The largest absolute Gasteiger partial charge is 0.458 e. The fourth-order valence-corrected chi connectivity index (χ4v) is 2.10. The van der Waals surface area contributed by atoms with Crippen LogP contribution in [-0.2, 0) is 14.3 Å². The minimum Gasteiger partial charge on any atom is -0.458 e. The molecule has 0 aromatic rings. The molecule has 1 saturated heterocycles. The second-order valence-corrected chi connectivity index (χ2v) is 6.53. The Morgan fingerprint density at radius 1 is 1.41 bits per heavy atom. The molecule has 3 nitrogen and oxygen atoms in total. The monoisotopic (exact) mass is 242 g/mol. The SMILES string of the molecule is CC(C)[C@@H]1CCC[C@@](C)(C(=O)OC(C)(C)C)O1. The van der Waals surface area contributed by atoms with E-state index in [1.807, 2.05) is 27.7 Å². The Morgan fingerprint density at radius 2 is 2.00 bits per heavy atom. The average molecular weight is 242 g/mol. The van der Waals surface area contributed by atoms with Gasteiger partial charge in [-0.1, -0.05) is 13.8 Å². The molecule has 0 spiro atoms. The maximum atomic E-state index is 12.2. The lowest BCUT2D eigenvalue weighted by molar-refractivity contribution is -0.200. The highest BCUT2D eigenvalue weighted by Gasteiger charge is 2.43. The molecule has 1 aliphatic heterocycles. The fraction of sp³-hybridized carbons (Fsp3) is 0.929. The van der Waals surface area contributed by atoms with Crippen molar-refractivity contribution in [2.75, 3.05) is 0 Å². The summed E-state index contributed by atoms with van der Waals surface area (Å²) in [6.45, 7) is 11.8. The van der Waals surface area contributed by atoms with Crippen LogP contribution in [0.2, 0.25) is 0 Å². The molecule has 0 bridgehead atoms. The topological polar surface area (TPSA) is 35.5 Å². The number of esters is 1. The van der Waals surface area contributed by atoms with Gasteiger partial charge in [-0.3, -0.25) is 0 Å². The van der Waals surface area contributed by atoms with E-state index in [2.05, 4.69) is 13.8 Å². The van der Waals surface area contributed by atoms with Gasteiger partial charge < -0.3 is 9.47 Å². The smallest absolute Gasteiger partial charge is 0.338 e. The first kappa shape index (κ1) is 14.5. The third-order valence-electron chi connectivity index (χ3n) is 3.13. The highest BCUT2D eigenvalue weighted by atomic mass is 16.6. The Morgan fingerprint density at radius 3 is 2.47 bits per heavy atom. The molecule has 1 heterocycles. The van der Waals surface area contributed by atoms with Crippen LogP contribution in [0.15, 0.2) is 0 Å². The van der Waals surface area contributed by atoms with Crippen molar-refractivity contribution in [3.63, 3.8) is 0 Å². The molecule has 0 unspecified atom stereocenters. The van der Waals surface area contributed by atoms with E-state index >= 15 is 0 Å². The Kier molecular flexibility index (Phi) is 4.23. The van der Waals surface area contributed by atoms with Gasteiger partial charge in [0.1, 0.15) is 5.60 Å². The Hall–Kier alpha value is -0.570. The van der Waals surface area contributed by atoms with E-state index in [0.717, 1.165) is 19.3 Å². The van der Waals surface area contributed by atoms with E-state index in [1.54, 1.807) is 0 Å². The molecule has 0 radical (unpaired) electrons. The van der Waals surface area contributed by atoms with Crippen LogP contribution >= 0.6 is 0 Å². The lowest BCUT2D eigenvalue weighted by Gasteiger charge is -2.39. The van der Waals surface area contributed by atoms with Gasteiger partial charge in [-0.05, 0) is 52.9 Å². The van der Waals surface area contributed by atoms with Gasteiger partial charge in [-0.2, -0.15) is 0 Å². The quantitative estimate of drug-likeness (QED) is 0.697. The van der Waals surface area contributed by atoms with Gasteiger partial charge in [0.2, 0.25) is 0 Å². The Labute approximate surface area is 105 Å². The van der Waals surface area contributed by atoms with Gasteiger partial charge in [-0.25, -0.2) is 4.79 Å². The van der Waals surface area contributed by atoms with Gasteiger partial charge in [0.15, 0.2) is 5.60 Å². The van der Waals surface area contributed by atoms with Crippen LogP contribution in [0.4, 0.5) is 0 Å². The van der Waals surface area contributed by atoms with Crippen LogP contribution in [-0.4, -0.2) is 23.3 Å². The molecule has 1 aliphatic rings. The summed E-state index contributed by atoms with van der Waals surface area (Å²) in [4.78, 5) is 12.2. The summed E-state index contributed by atoms with van der Waals surface area (Å²) in [7, 11) is 0. The summed E-state index contributed by atoms with van der Waals surface area (Å²) in [5, 5.41) is 0. The molecule has 0 aromatic carbocycles. The van der Waals surface area contributed by atoms with E-state index in [4.69, 9.17) is 9.47 Å². The van der Waals surface area contributed by atoms with E-state index in [9.17, 15) is 4.79 Å². The molecule has 0 N–H and O–H groups in total. The van der Waals surface area contributed by atoms with E-state index in [1.165, 1.54) is 0 Å². The van der Waals surface area contributed by atoms with Crippen LogP contribution in [0.25, 0.3) is 0 Å². The molecular formula is C14H26O3. The second kappa shape index (κ2) is 4.97. The summed E-state index contributed by atoms with van der Waals surface area (Å²) >= 11 is 0. The minimum atomic E-state index is -0.763. The molecule has 100 valence electrons. The van der Waals surface area contributed by atoms with Crippen LogP contribution in [0.3, 0.4) is 0 Å². The summed E-state index contributed by atoms with van der Waals surface area (Å²) < 4.78 is 11.4. The van der Waals surface area contributed by atoms with Crippen LogP contribution in [0.1, 0.15) is 60.8 Å². The highest BCUT2D eigenvalue weighted by Crippen LogP contribution is 2.33. The number of hydrogen-bond donors (Lipinski definition) is 0. The number of carbonyl (C=O) groups excluding carboxylic acids is 1. The summed E-state index contributed by atoms with van der Waals surface area (Å²) in [6, 6.07) is 0. The standard InChI is InChI=1S/C14H26O3/c1-10(2)11-8-7-9-14(6,16-11)12(15)17-13(3,4)5/h10-11H,7-9H2,1-6H3/t11-,14-/m0/s1. The molecule has 0 aliphatic carbocycles. The van der Waals surface area contributed by atoms with E-state index in [0.29, 0.717) is 5.92 Å². The molecular weight excluding hydrogens is 216 g/mol. The molecule has 0 saturated carbocycles. The predicted molar refractivity (Wildman–Crippen MR) is 67.8 cm³/mol.